The number of hydrogen-bond acceptors (Lipinski definition) is 1. The second-order valence-electron chi connectivity index (χ2n) is 1.95. The molecule has 0 aromatic carbocycles. The number of aryl methyl sites for hydroxylation is 1. The van der Waals surface area contributed by atoms with Crippen LogP contribution in [0.15, 0.2) is 12.3 Å². The van der Waals surface area contributed by atoms with E-state index in [-0.39, 0.29) is 5.82 Å². The van der Waals surface area contributed by atoms with Gasteiger partial charge in [-0.2, -0.15) is 0 Å². The number of aromatic nitrogens is 1. The monoisotopic (exact) mass is 251 g/mol. The summed E-state index contributed by atoms with van der Waals surface area (Å²) in [6, 6.07) is 1.44. The first-order valence-corrected chi connectivity index (χ1v) is 4.12. The Morgan fingerprint density at radius 2 is 2.40 bits per heavy atom. The lowest BCUT2D eigenvalue weighted by Crippen LogP contribution is -1.90. The summed E-state index contributed by atoms with van der Waals surface area (Å²) in [5.41, 5.74) is 0.681. The molecule has 0 N–H and O–H groups in total. The molecule has 0 amide bonds. The van der Waals surface area contributed by atoms with E-state index in [1.54, 1.807) is 6.20 Å². The van der Waals surface area contributed by atoms with E-state index in [4.69, 9.17) is 0 Å². The predicted octanol–water partition coefficient (Wildman–Crippen LogP) is 2.39. The van der Waals surface area contributed by atoms with Gasteiger partial charge in [-0.1, -0.05) is 6.92 Å². The van der Waals surface area contributed by atoms with Crippen molar-refractivity contribution in [2.24, 2.45) is 0 Å². The Labute approximate surface area is 72.8 Å². The van der Waals surface area contributed by atoms with Gasteiger partial charge in [-0.3, -0.25) is 0 Å². The Bertz CT molecular complexity index is 237. The quantitative estimate of drug-likeness (QED) is 0.551. The van der Waals surface area contributed by atoms with Crippen molar-refractivity contribution < 1.29 is 4.39 Å². The average Bonchev–Trinajstić information content (AvgIpc) is 1.88. The van der Waals surface area contributed by atoms with Crippen LogP contribution >= 0.6 is 22.6 Å². The molecule has 0 radical (unpaired) electrons. The van der Waals surface area contributed by atoms with E-state index in [1.807, 2.05) is 29.5 Å². The molecule has 1 rings (SSSR count). The molecule has 0 unspecified atom stereocenters. The molecular formula is C7H7FIN. The van der Waals surface area contributed by atoms with E-state index in [9.17, 15) is 4.39 Å². The van der Waals surface area contributed by atoms with Gasteiger partial charge in [-0.15, -0.1) is 0 Å². The van der Waals surface area contributed by atoms with Gasteiger partial charge >= 0.3 is 0 Å². The van der Waals surface area contributed by atoms with Crippen LogP contribution in [0, 0.1) is 9.52 Å². The van der Waals surface area contributed by atoms with Crippen molar-refractivity contribution in [2.75, 3.05) is 0 Å². The Kier molecular flexibility index (Phi) is 2.59. The second-order valence-corrected chi connectivity index (χ2v) is 3.06. The number of halogens is 2. The molecule has 1 nitrogen and oxygen atoms in total. The summed E-state index contributed by atoms with van der Waals surface area (Å²) in [4.78, 5) is 3.96. The Balaban J connectivity index is 3.07. The first kappa shape index (κ1) is 7.91. The highest BCUT2D eigenvalue weighted by molar-refractivity contribution is 14.1. The predicted molar refractivity (Wildman–Crippen MR) is 46.3 cm³/mol. The molecule has 0 aliphatic rings. The van der Waals surface area contributed by atoms with E-state index in [0.717, 1.165) is 0 Å². The normalized spacial score (nSPS) is 9.90. The van der Waals surface area contributed by atoms with Gasteiger partial charge in [0, 0.05) is 17.8 Å². The van der Waals surface area contributed by atoms with Gasteiger partial charge in [0.25, 0.3) is 0 Å². The number of nitrogens with zero attached hydrogens (tertiary/aromatic N) is 1. The number of pyridine rings is 1. The Morgan fingerprint density at radius 3 is 2.90 bits per heavy atom. The van der Waals surface area contributed by atoms with Crippen molar-refractivity contribution >= 4 is 22.6 Å². The lowest BCUT2D eigenvalue weighted by atomic mass is 10.2. The van der Waals surface area contributed by atoms with E-state index < -0.39 is 0 Å². The first-order valence-electron chi connectivity index (χ1n) is 3.04. The summed E-state index contributed by atoms with van der Waals surface area (Å²) in [5.74, 6) is -0.151. The third kappa shape index (κ3) is 1.65. The van der Waals surface area contributed by atoms with Crippen LogP contribution in [0.2, 0.25) is 0 Å². The van der Waals surface area contributed by atoms with Crippen LogP contribution in [0.1, 0.15) is 12.5 Å². The maximum absolute atomic E-state index is 12.8. The minimum absolute atomic E-state index is 0.151. The molecular weight excluding hydrogens is 244 g/mol. The summed E-state index contributed by atoms with van der Waals surface area (Å²) in [6.07, 6.45) is 2.28. The van der Waals surface area contributed by atoms with Crippen molar-refractivity contribution in [1.82, 2.24) is 4.98 Å². The molecule has 0 saturated heterocycles. The van der Waals surface area contributed by atoms with Crippen LogP contribution in [0.4, 0.5) is 4.39 Å². The zero-order chi connectivity index (χ0) is 7.56. The molecule has 0 saturated carbocycles. The van der Waals surface area contributed by atoms with Crippen molar-refractivity contribution in [3.8, 4) is 0 Å². The fourth-order valence-electron chi connectivity index (χ4n) is 0.696. The fourth-order valence-corrected chi connectivity index (χ4v) is 1.11. The van der Waals surface area contributed by atoms with Crippen LogP contribution in [0.5, 0.6) is 0 Å². The van der Waals surface area contributed by atoms with E-state index in [0.29, 0.717) is 15.7 Å². The van der Waals surface area contributed by atoms with Crippen molar-refractivity contribution in [2.45, 2.75) is 13.3 Å². The van der Waals surface area contributed by atoms with Gasteiger partial charge in [-0.05, 0) is 29.0 Å². The smallest absolute Gasteiger partial charge is 0.130 e. The van der Waals surface area contributed by atoms with E-state index >= 15 is 0 Å². The minimum Gasteiger partial charge on any atom is -0.250 e. The minimum atomic E-state index is -0.151. The van der Waals surface area contributed by atoms with Crippen LogP contribution in [-0.2, 0) is 6.42 Å². The molecule has 10 heavy (non-hydrogen) atoms. The average molecular weight is 251 g/mol. The second kappa shape index (κ2) is 3.27. The highest BCUT2D eigenvalue weighted by Gasteiger charge is 1.99. The SMILES string of the molecule is CCc1cnc(I)cc1F. The highest BCUT2D eigenvalue weighted by atomic mass is 127. The molecule has 1 aromatic rings. The molecule has 0 fully saturated rings. The van der Waals surface area contributed by atoms with Crippen LogP contribution in [-0.4, -0.2) is 4.98 Å². The molecule has 0 aliphatic heterocycles. The Morgan fingerprint density at radius 1 is 1.70 bits per heavy atom. The van der Waals surface area contributed by atoms with Gasteiger partial charge in [0.15, 0.2) is 0 Å². The number of rotatable bonds is 1. The molecule has 0 aliphatic carbocycles. The van der Waals surface area contributed by atoms with Crippen molar-refractivity contribution in [1.29, 1.82) is 0 Å². The largest absolute Gasteiger partial charge is 0.250 e. The zero-order valence-corrected chi connectivity index (χ0v) is 7.72. The third-order valence-electron chi connectivity index (χ3n) is 1.28. The Hall–Kier alpha value is -0.190. The van der Waals surface area contributed by atoms with Gasteiger partial charge in [0.1, 0.15) is 9.52 Å². The van der Waals surface area contributed by atoms with Gasteiger partial charge in [0.05, 0.1) is 0 Å². The molecule has 0 bridgehead atoms. The molecule has 0 spiro atoms. The summed E-state index contributed by atoms with van der Waals surface area (Å²) in [5, 5.41) is 0. The van der Waals surface area contributed by atoms with Gasteiger partial charge < -0.3 is 0 Å². The third-order valence-corrected chi connectivity index (χ3v) is 1.87. The van der Waals surface area contributed by atoms with Crippen LogP contribution in [0.3, 0.4) is 0 Å². The van der Waals surface area contributed by atoms with E-state index in [2.05, 4.69) is 4.98 Å². The van der Waals surface area contributed by atoms with Gasteiger partial charge in [-0.25, -0.2) is 9.37 Å². The topological polar surface area (TPSA) is 12.9 Å². The van der Waals surface area contributed by atoms with Crippen molar-refractivity contribution in [3.05, 3.63) is 27.3 Å². The van der Waals surface area contributed by atoms with Crippen LogP contribution < -0.4 is 0 Å². The number of hydrogen-bond donors (Lipinski definition) is 0. The molecule has 3 heteroatoms. The molecule has 0 atom stereocenters. The maximum atomic E-state index is 12.8. The van der Waals surface area contributed by atoms with Crippen molar-refractivity contribution in [3.63, 3.8) is 0 Å². The maximum Gasteiger partial charge on any atom is 0.130 e. The fraction of sp³-hybridized carbons (Fsp3) is 0.286. The lowest BCUT2D eigenvalue weighted by Gasteiger charge is -1.96. The summed E-state index contributed by atoms with van der Waals surface area (Å²) < 4.78 is 13.5. The standard InChI is InChI=1S/C7H7FIN/c1-2-5-4-10-7(9)3-6(5)8/h3-4H,2H2,1H3. The van der Waals surface area contributed by atoms with Crippen LogP contribution in [0.25, 0.3) is 0 Å². The summed E-state index contributed by atoms with van der Waals surface area (Å²) >= 11 is 1.99. The highest BCUT2D eigenvalue weighted by Crippen LogP contribution is 2.08. The summed E-state index contributed by atoms with van der Waals surface area (Å²) in [7, 11) is 0. The summed E-state index contributed by atoms with van der Waals surface area (Å²) in [6.45, 7) is 1.91. The molecule has 54 valence electrons. The molecule has 1 heterocycles. The van der Waals surface area contributed by atoms with Gasteiger partial charge in [0.2, 0.25) is 0 Å². The lowest BCUT2D eigenvalue weighted by molar-refractivity contribution is 0.607. The van der Waals surface area contributed by atoms with E-state index in [1.165, 1.54) is 6.07 Å². The first-order chi connectivity index (χ1) is 4.74. The molecule has 1 aromatic heterocycles. The zero-order valence-electron chi connectivity index (χ0n) is 5.56.